The molecule has 1 amide bonds. The molecular formula is C11H20N2O3. The van der Waals surface area contributed by atoms with Crippen LogP contribution < -0.4 is 5.32 Å². The van der Waals surface area contributed by atoms with Crippen molar-refractivity contribution in [1.82, 2.24) is 10.2 Å². The Labute approximate surface area is 95.8 Å². The maximum Gasteiger partial charge on any atom is 0.307 e. The summed E-state index contributed by atoms with van der Waals surface area (Å²) >= 11 is 0. The molecule has 1 aliphatic heterocycles. The van der Waals surface area contributed by atoms with E-state index >= 15 is 0 Å². The van der Waals surface area contributed by atoms with Gasteiger partial charge in [-0.05, 0) is 19.4 Å². The fourth-order valence-electron chi connectivity index (χ4n) is 2.26. The van der Waals surface area contributed by atoms with Crippen molar-refractivity contribution in [3.8, 4) is 0 Å². The summed E-state index contributed by atoms with van der Waals surface area (Å²) in [6, 6.07) is -0.0288. The van der Waals surface area contributed by atoms with E-state index in [0.717, 1.165) is 19.5 Å². The number of nitrogens with zero attached hydrogens (tertiary/aromatic N) is 1. The second-order valence-corrected chi connectivity index (χ2v) is 4.43. The molecule has 0 aliphatic carbocycles. The highest BCUT2D eigenvalue weighted by Crippen LogP contribution is 2.17. The molecule has 0 aromatic rings. The van der Waals surface area contributed by atoms with Gasteiger partial charge in [-0.3, -0.25) is 9.59 Å². The van der Waals surface area contributed by atoms with Gasteiger partial charge in [0.1, 0.15) is 0 Å². The minimum absolute atomic E-state index is 0.0288. The summed E-state index contributed by atoms with van der Waals surface area (Å²) in [6.45, 7) is 5.78. The number of amides is 1. The molecule has 0 aromatic carbocycles. The van der Waals surface area contributed by atoms with Crippen molar-refractivity contribution in [2.75, 3.05) is 19.6 Å². The van der Waals surface area contributed by atoms with Crippen LogP contribution in [0.5, 0.6) is 0 Å². The third-order valence-corrected chi connectivity index (χ3v) is 2.82. The SMILES string of the molecule is CCCN1CC(NC(C)=O)CC(C(=O)O)C1. The predicted octanol–water partition coefficient (Wildman–Crippen LogP) is 0.308. The van der Waals surface area contributed by atoms with Gasteiger partial charge in [-0.15, -0.1) is 0 Å². The van der Waals surface area contributed by atoms with Gasteiger partial charge in [0.15, 0.2) is 0 Å². The molecule has 1 fully saturated rings. The van der Waals surface area contributed by atoms with E-state index in [1.54, 1.807) is 0 Å². The second-order valence-electron chi connectivity index (χ2n) is 4.43. The van der Waals surface area contributed by atoms with E-state index in [1.807, 2.05) is 0 Å². The average Bonchev–Trinajstić information content (AvgIpc) is 2.16. The molecular weight excluding hydrogens is 208 g/mol. The number of carbonyl (C=O) groups is 2. The van der Waals surface area contributed by atoms with Gasteiger partial charge in [0.2, 0.25) is 5.91 Å². The van der Waals surface area contributed by atoms with Gasteiger partial charge in [0.25, 0.3) is 0 Å². The molecule has 2 atom stereocenters. The van der Waals surface area contributed by atoms with Crippen molar-refractivity contribution in [1.29, 1.82) is 0 Å². The van der Waals surface area contributed by atoms with Crippen LogP contribution in [0.4, 0.5) is 0 Å². The molecule has 0 spiro atoms. The topological polar surface area (TPSA) is 69.6 Å². The van der Waals surface area contributed by atoms with E-state index < -0.39 is 5.97 Å². The third-order valence-electron chi connectivity index (χ3n) is 2.82. The van der Waals surface area contributed by atoms with Crippen molar-refractivity contribution in [3.05, 3.63) is 0 Å². The summed E-state index contributed by atoms with van der Waals surface area (Å²) in [5.41, 5.74) is 0. The first-order valence-corrected chi connectivity index (χ1v) is 5.75. The van der Waals surface area contributed by atoms with Crippen LogP contribution in [0, 0.1) is 5.92 Å². The second kappa shape index (κ2) is 5.84. The van der Waals surface area contributed by atoms with Crippen LogP contribution in [0.1, 0.15) is 26.7 Å². The smallest absolute Gasteiger partial charge is 0.307 e. The summed E-state index contributed by atoms with van der Waals surface area (Å²) in [4.78, 5) is 24.1. The molecule has 5 heteroatoms. The summed E-state index contributed by atoms with van der Waals surface area (Å²) < 4.78 is 0. The Hall–Kier alpha value is -1.10. The third kappa shape index (κ3) is 3.81. The average molecular weight is 228 g/mol. The minimum atomic E-state index is -0.767. The van der Waals surface area contributed by atoms with Gasteiger partial charge in [-0.1, -0.05) is 6.92 Å². The lowest BCUT2D eigenvalue weighted by atomic mass is 9.94. The van der Waals surface area contributed by atoms with Crippen LogP contribution in [0.25, 0.3) is 0 Å². The number of likely N-dealkylation sites (tertiary alicyclic amines) is 1. The number of rotatable bonds is 4. The number of aliphatic carboxylic acids is 1. The first kappa shape index (κ1) is 13.0. The van der Waals surface area contributed by atoms with Gasteiger partial charge >= 0.3 is 5.97 Å². The molecule has 1 saturated heterocycles. The minimum Gasteiger partial charge on any atom is -0.481 e. The molecule has 1 heterocycles. The molecule has 2 unspecified atom stereocenters. The predicted molar refractivity (Wildman–Crippen MR) is 60.1 cm³/mol. The number of carboxylic acids is 1. The zero-order valence-electron chi connectivity index (χ0n) is 9.90. The molecule has 0 bridgehead atoms. The number of nitrogens with one attached hydrogen (secondary N) is 1. The molecule has 92 valence electrons. The summed E-state index contributed by atoms with van der Waals surface area (Å²) in [5.74, 6) is -1.22. The zero-order chi connectivity index (χ0) is 12.1. The normalized spacial score (nSPS) is 26.4. The lowest BCUT2D eigenvalue weighted by Crippen LogP contribution is -2.52. The molecule has 0 saturated carbocycles. The quantitative estimate of drug-likeness (QED) is 0.726. The molecule has 0 radical (unpaired) electrons. The largest absolute Gasteiger partial charge is 0.481 e. The van der Waals surface area contributed by atoms with Crippen LogP contribution >= 0.6 is 0 Å². The fraction of sp³-hybridized carbons (Fsp3) is 0.818. The molecule has 2 N–H and O–H groups in total. The maximum atomic E-state index is 11.0. The van der Waals surface area contributed by atoms with Crippen LogP contribution in [0.3, 0.4) is 0 Å². The molecule has 1 rings (SSSR count). The number of hydrogen-bond acceptors (Lipinski definition) is 3. The zero-order valence-corrected chi connectivity index (χ0v) is 9.90. The van der Waals surface area contributed by atoms with Crippen molar-refractivity contribution >= 4 is 11.9 Å². The highest BCUT2D eigenvalue weighted by molar-refractivity contribution is 5.74. The van der Waals surface area contributed by atoms with Gasteiger partial charge in [0.05, 0.1) is 5.92 Å². The van der Waals surface area contributed by atoms with E-state index in [0.29, 0.717) is 13.0 Å². The fourth-order valence-corrected chi connectivity index (χ4v) is 2.26. The number of hydrogen-bond donors (Lipinski definition) is 2. The molecule has 5 nitrogen and oxygen atoms in total. The van der Waals surface area contributed by atoms with Crippen LogP contribution in [-0.2, 0) is 9.59 Å². The van der Waals surface area contributed by atoms with Crippen molar-refractivity contribution < 1.29 is 14.7 Å². The van der Waals surface area contributed by atoms with Crippen LogP contribution in [0.2, 0.25) is 0 Å². The number of piperidine rings is 1. The van der Waals surface area contributed by atoms with Gasteiger partial charge in [-0.25, -0.2) is 0 Å². The highest BCUT2D eigenvalue weighted by Gasteiger charge is 2.31. The van der Waals surface area contributed by atoms with Crippen LogP contribution in [0.15, 0.2) is 0 Å². The highest BCUT2D eigenvalue weighted by atomic mass is 16.4. The molecule has 16 heavy (non-hydrogen) atoms. The lowest BCUT2D eigenvalue weighted by Gasteiger charge is -2.36. The number of carboxylic acid groups (broad SMARTS) is 1. The summed E-state index contributed by atoms with van der Waals surface area (Å²) in [6.07, 6.45) is 1.54. The summed E-state index contributed by atoms with van der Waals surface area (Å²) in [7, 11) is 0. The van der Waals surface area contributed by atoms with Crippen molar-refractivity contribution in [2.45, 2.75) is 32.7 Å². The maximum absolute atomic E-state index is 11.0. The Morgan fingerprint density at radius 1 is 1.44 bits per heavy atom. The Morgan fingerprint density at radius 2 is 2.12 bits per heavy atom. The summed E-state index contributed by atoms with van der Waals surface area (Å²) in [5, 5.41) is 11.8. The van der Waals surface area contributed by atoms with E-state index in [4.69, 9.17) is 5.11 Å². The first-order chi connectivity index (χ1) is 7.52. The Morgan fingerprint density at radius 3 is 2.62 bits per heavy atom. The van der Waals surface area contributed by atoms with Gasteiger partial charge in [0, 0.05) is 26.1 Å². The Bertz CT molecular complexity index is 268. The monoisotopic (exact) mass is 228 g/mol. The van der Waals surface area contributed by atoms with Crippen molar-refractivity contribution in [3.63, 3.8) is 0 Å². The Balaban J connectivity index is 2.58. The Kier molecular flexibility index (Phi) is 4.73. The van der Waals surface area contributed by atoms with E-state index in [9.17, 15) is 9.59 Å². The van der Waals surface area contributed by atoms with Gasteiger partial charge in [-0.2, -0.15) is 0 Å². The van der Waals surface area contributed by atoms with Gasteiger partial charge < -0.3 is 15.3 Å². The first-order valence-electron chi connectivity index (χ1n) is 5.75. The van der Waals surface area contributed by atoms with E-state index in [2.05, 4.69) is 17.1 Å². The number of carbonyl (C=O) groups excluding carboxylic acids is 1. The lowest BCUT2D eigenvalue weighted by molar-refractivity contribution is -0.144. The van der Waals surface area contributed by atoms with E-state index in [-0.39, 0.29) is 17.9 Å². The molecule has 0 aromatic heterocycles. The molecule has 1 aliphatic rings. The van der Waals surface area contributed by atoms with Crippen LogP contribution in [-0.4, -0.2) is 47.6 Å². The van der Waals surface area contributed by atoms with Crippen molar-refractivity contribution in [2.24, 2.45) is 5.92 Å². The van der Waals surface area contributed by atoms with E-state index in [1.165, 1.54) is 6.92 Å². The standard InChI is InChI=1S/C11H20N2O3/c1-3-4-13-6-9(11(15)16)5-10(7-13)12-8(2)14/h9-10H,3-7H2,1-2H3,(H,12,14)(H,15,16).